The maximum Gasteiger partial charge on any atom is 0.303 e. The van der Waals surface area contributed by atoms with Crippen LogP contribution >= 0.6 is 0 Å². The number of aromatic amines is 1. The molecule has 1 atom stereocenters. The number of aromatic nitrogens is 1. The van der Waals surface area contributed by atoms with Crippen LogP contribution in [-0.2, 0) is 24.1 Å². The van der Waals surface area contributed by atoms with Crippen molar-refractivity contribution in [2.24, 2.45) is 11.8 Å². The molecule has 5 aromatic rings. The summed E-state index contributed by atoms with van der Waals surface area (Å²) in [6.07, 6.45) is 2.78. The zero-order chi connectivity index (χ0) is 33.5. The highest BCUT2D eigenvalue weighted by Crippen LogP contribution is 2.29. The molecule has 0 aliphatic heterocycles. The van der Waals surface area contributed by atoms with E-state index in [0.29, 0.717) is 41.5 Å². The van der Waals surface area contributed by atoms with Crippen LogP contribution in [0.15, 0.2) is 97.1 Å². The maximum atomic E-state index is 14.1. The van der Waals surface area contributed by atoms with E-state index < -0.39 is 12.0 Å². The monoisotopic (exact) mass is 628 g/mol. The fourth-order valence-corrected chi connectivity index (χ4v) is 6.28. The number of carboxylic acid groups (broad SMARTS) is 1. The Hall–Kier alpha value is -4.97. The van der Waals surface area contributed by atoms with Crippen molar-refractivity contribution in [1.82, 2.24) is 10.3 Å². The van der Waals surface area contributed by atoms with Crippen LogP contribution in [-0.4, -0.2) is 27.8 Å². The summed E-state index contributed by atoms with van der Waals surface area (Å²) in [5.41, 5.74) is 7.32. The average molecular weight is 629 g/mol. The summed E-state index contributed by atoms with van der Waals surface area (Å²) in [7, 11) is 0. The zero-order valence-electron chi connectivity index (χ0n) is 27.7. The van der Waals surface area contributed by atoms with E-state index in [9.17, 15) is 19.5 Å². The Balaban J connectivity index is 1.51. The second-order valence-electron chi connectivity index (χ2n) is 13.3. The number of fused-ring (bicyclic) bond motifs is 1. The molecule has 1 heterocycles. The van der Waals surface area contributed by atoms with Gasteiger partial charge in [0.1, 0.15) is 0 Å². The zero-order valence-corrected chi connectivity index (χ0v) is 27.7. The SMILES string of the molecule is CC(C)Cc1ccc(C(=O)NC(c2cccc(CC(C)C)c2)c2cccc(C(=O)c3[nH]c4ccccc4c3CCCC(=O)O)c2)cc1. The summed E-state index contributed by atoms with van der Waals surface area (Å²) >= 11 is 0. The predicted molar refractivity (Wildman–Crippen MR) is 188 cm³/mol. The molecule has 1 amide bonds. The van der Waals surface area contributed by atoms with Gasteiger partial charge in [-0.25, -0.2) is 0 Å². The number of H-pyrrole nitrogens is 1. The second-order valence-corrected chi connectivity index (χ2v) is 13.3. The van der Waals surface area contributed by atoms with Crippen LogP contribution in [0.3, 0.4) is 0 Å². The van der Waals surface area contributed by atoms with Crippen LogP contribution in [0.5, 0.6) is 0 Å². The smallest absolute Gasteiger partial charge is 0.303 e. The van der Waals surface area contributed by atoms with Crippen LogP contribution in [0.4, 0.5) is 0 Å². The Kier molecular flexibility index (Phi) is 10.7. The lowest BCUT2D eigenvalue weighted by molar-refractivity contribution is -0.137. The number of carbonyl (C=O) groups is 3. The highest BCUT2D eigenvalue weighted by atomic mass is 16.4. The molecule has 242 valence electrons. The number of rotatable bonds is 14. The van der Waals surface area contributed by atoms with Crippen molar-refractivity contribution >= 4 is 28.6 Å². The van der Waals surface area contributed by atoms with Crippen molar-refractivity contribution in [2.75, 3.05) is 0 Å². The van der Waals surface area contributed by atoms with Gasteiger partial charge in [-0.05, 0) is 89.6 Å². The minimum absolute atomic E-state index is 0.0281. The molecular weight excluding hydrogens is 584 g/mol. The van der Waals surface area contributed by atoms with Crippen molar-refractivity contribution in [3.63, 3.8) is 0 Å². The fourth-order valence-electron chi connectivity index (χ4n) is 6.28. The number of carboxylic acids is 1. The summed E-state index contributed by atoms with van der Waals surface area (Å²) in [4.78, 5) is 42.4. The molecule has 0 bridgehead atoms. The molecule has 0 radical (unpaired) electrons. The highest BCUT2D eigenvalue weighted by molar-refractivity contribution is 6.12. The van der Waals surface area contributed by atoms with Gasteiger partial charge in [0.25, 0.3) is 5.91 Å². The molecule has 0 aliphatic carbocycles. The van der Waals surface area contributed by atoms with E-state index in [0.717, 1.165) is 40.4 Å². The lowest BCUT2D eigenvalue weighted by Crippen LogP contribution is -2.29. The molecule has 0 saturated heterocycles. The van der Waals surface area contributed by atoms with Crippen LogP contribution in [0.2, 0.25) is 0 Å². The summed E-state index contributed by atoms with van der Waals surface area (Å²) in [6.45, 7) is 8.72. The molecule has 47 heavy (non-hydrogen) atoms. The third-order valence-corrected chi connectivity index (χ3v) is 8.40. The Morgan fingerprint density at radius 1 is 0.723 bits per heavy atom. The first kappa shape index (κ1) is 33.4. The molecule has 1 aromatic heterocycles. The molecular formula is C41H44N2O4. The van der Waals surface area contributed by atoms with Crippen molar-refractivity contribution in [3.05, 3.63) is 142 Å². The lowest BCUT2D eigenvalue weighted by atomic mass is 9.92. The largest absolute Gasteiger partial charge is 0.481 e. The standard InChI is InChI=1S/C41H44N2O4/c1-26(2)22-28-18-20-30(21-19-28)41(47)43-38(31-11-7-10-29(24-31)23-27(3)4)32-12-8-13-33(25-32)40(46)39-35(15-9-17-37(44)45)34-14-5-6-16-36(34)42-39/h5-8,10-14,16,18-21,24-27,38,42H,9,15,17,22-23H2,1-4H3,(H,43,47)(H,44,45). The van der Waals surface area contributed by atoms with Crippen LogP contribution in [0.1, 0.15) is 101 Å². The molecule has 1 unspecified atom stereocenters. The normalized spacial score (nSPS) is 12.0. The van der Waals surface area contributed by atoms with E-state index in [1.165, 1.54) is 11.1 Å². The Bertz CT molecular complexity index is 1870. The number of aliphatic carboxylic acids is 1. The van der Waals surface area contributed by atoms with Gasteiger partial charge in [-0.2, -0.15) is 0 Å². The number of para-hydroxylation sites is 1. The minimum Gasteiger partial charge on any atom is -0.481 e. The van der Waals surface area contributed by atoms with Crippen LogP contribution in [0.25, 0.3) is 10.9 Å². The number of amides is 1. The van der Waals surface area contributed by atoms with E-state index in [2.05, 4.69) is 50.1 Å². The predicted octanol–water partition coefficient (Wildman–Crippen LogP) is 8.72. The maximum absolute atomic E-state index is 14.1. The van der Waals surface area contributed by atoms with Gasteiger partial charge in [-0.1, -0.05) is 100 Å². The van der Waals surface area contributed by atoms with Gasteiger partial charge in [0.2, 0.25) is 5.78 Å². The van der Waals surface area contributed by atoms with Crippen molar-refractivity contribution in [2.45, 2.75) is 65.8 Å². The number of carbonyl (C=O) groups excluding carboxylic acids is 2. The minimum atomic E-state index is -0.859. The Morgan fingerprint density at radius 2 is 1.38 bits per heavy atom. The molecule has 3 N–H and O–H groups in total. The van der Waals surface area contributed by atoms with Gasteiger partial charge in [-0.15, -0.1) is 0 Å². The Morgan fingerprint density at radius 3 is 2.09 bits per heavy atom. The highest BCUT2D eigenvalue weighted by Gasteiger charge is 2.23. The number of ketones is 1. The summed E-state index contributed by atoms with van der Waals surface area (Å²) < 4.78 is 0. The number of hydrogen-bond donors (Lipinski definition) is 3. The average Bonchev–Trinajstić information content (AvgIpc) is 3.41. The molecule has 5 rings (SSSR count). The first-order valence-electron chi connectivity index (χ1n) is 16.5. The lowest BCUT2D eigenvalue weighted by Gasteiger charge is -2.22. The summed E-state index contributed by atoms with van der Waals surface area (Å²) in [6, 6.07) is 30.8. The number of hydrogen-bond acceptors (Lipinski definition) is 3. The topological polar surface area (TPSA) is 99.3 Å². The first-order chi connectivity index (χ1) is 22.6. The molecule has 0 spiro atoms. The van der Waals surface area contributed by atoms with Gasteiger partial charge >= 0.3 is 5.97 Å². The van der Waals surface area contributed by atoms with E-state index in [1.54, 1.807) is 6.07 Å². The molecule has 6 heteroatoms. The third kappa shape index (κ3) is 8.44. The number of benzene rings is 4. The van der Waals surface area contributed by atoms with Gasteiger partial charge in [0.05, 0.1) is 11.7 Å². The third-order valence-electron chi connectivity index (χ3n) is 8.40. The van der Waals surface area contributed by atoms with E-state index >= 15 is 0 Å². The van der Waals surface area contributed by atoms with E-state index in [1.807, 2.05) is 78.9 Å². The van der Waals surface area contributed by atoms with Gasteiger partial charge in [0.15, 0.2) is 0 Å². The van der Waals surface area contributed by atoms with E-state index in [4.69, 9.17) is 0 Å². The molecule has 4 aromatic carbocycles. The van der Waals surface area contributed by atoms with Crippen molar-refractivity contribution < 1.29 is 19.5 Å². The second kappa shape index (κ2) is 15.1. The summed E-state index contributed by atoms with van der Waals surface area (Å²) in [5.74, 6) is -0.217. The summed E-state index contributed by atoms with van der Waals surface area (Å²) in [5, 5.41) is 13.4. The van der Waals surface area contributed by atoms with Gasteiger partial charge in [0, 0.05) is 28.5 Å². The molecule has 0 saturated carbocycles. The number of nitrogens with one attached hydrogen (secondary N) is 2. The molecule has 6 nitrogen and oxygen atoms in total. The molecule has 0 fully saturated rings. The van der Waals surface area contributed by atoms with E-state index in [-0.39, 0.29) is 18.1 Å². The Labute approximate surface area is 277 Å². The van der Waals surface area contributed by atoms with Crippen molar-refractivity contribution in [3.8, 4) is 0 Å². The number of aryl methyl sites for hydroxylation is 1. The van der Waals surface area contributed by atoms with Crippen LogP contribution in [0, 0.1) is 11.8 Å². The quantitative estimate of drug-likeness (QED) is 0.107. The first-order valence-corrected chi connectivity index (χ1v) is 16.5. The van der Waals surface area contributed by atoms with Gasteiger partial charge in [-0.3, -0.25) is 14.4 Å². The van der Waals surface area contributed by atoms with Crippen molar-refractivity contribution in [1.29, 1.82) is 0 Å². The molecule has 0 aliphatic rings. The fraction of sp³-hybridized carbons (Fsp3) is 0.293. The van der Waals surface area contributed by atoms with Crippen LogP contribution < -0.4 is 5.32 Å². The van der Waals surface area contributed by atoms with Gasteiger partial charge < -0.3 is 15.4 Å².